The summed E-state index contributed by atoms with van der Waals surface area (Å²) in [5, 5.41) is 28.6. The van der Waals surface area contributed by atoms with E-state index in [2.05, 4.69) is 15.2 Å². The van der Waals surface area contributed by atoms with E-state index in [1.807, 2.05) is 0 Å². The summed E-state index contributed by atoms with van der Waals surface area (Å²) in [6.07, 6.45) is -8.98. The van der Waals surface area contributed by atoms with Gasteiger partial charge in [-0.25, -0.2) is 23.5 Å². The Morgan fingerprint density at radius 3 is 2.39 bits per heavy atom. The molecule has 0 aliphatic carbocycles. The Kier molecular flexibility index (Phi) is 7.58. The summed E-state index contributed by atoms with van der Waals surface area (Å²) in [5.41, 5.74) is -0.584. The van der Waals surface area contributed by atoms with Gasteiger partial charge in [0, 0.05) is 16.7 Å². The van der Waals surface area contributed by atoms with Crippen molar-refractivity contribution in [3.63, 3.8) is 0 Å². The van der Waals surface area contributed by atoms with Gasteiger partial charge in [0.25, 0.3) is 0 Å². The molecule has 0 aliphatic rings. The molecule has 4 aromatic rings. The number of aliphatic hydroxyl groups is 2. The van der Waals surface area contributed by atoms with Crippen LogP contribution in [0.4, 0.5) is 17.6 Å². The van der Waals surface area contributed by atoms with Gasteiger partial charge in [-0.05, 0) is 43.3 Å². The third-order valence-electron chi connectivity index (χ3n) is 5.47. The number of hydrogen-bond acceptors (Lipinski definition) is 7. The number of aromatic nitrogens is 6. The van der Waals surface area contributed by atoms with Crippen molar-refractivity contribution in [3.8, 4) is 22.8 Å². The highest BCUT2D eigenvalue weighted by Crippen LogP contribution is 2.27. The van der Waals surface area contributed by atoms with Crippen molar-refractivity contribution in [3.05, 3.63) is 75.4 Å². The first-order valence-corrected chi connectivity index (χ1v) is 11.4. The molecule has 2 aromatic carbocycles. The van der Waals surface area contributed by atoms with Crippen molar-refractivity contribution < 1.29 is 32.5 Å². The van der Waals surface area contributed by atoms with E-state index in [1.165, 1.54) is 50.4 Å². The Balaban J connectivity index is 1.79. The Bertz CT molecular complexity index is 1500. The van der Waals surface area contributed by atoms with Crippen LogP contribution in [-0.4, -0.2) is 58.7 Å². The van der Waals surface area contributed by atoms with Gasteiger partial charge in [0.05, 0.1) is 13.7 Å². The number of nitrogens with zero attached hydrogens (tertiary/aromatic N) is 6. The van der Waals surface area contributed by atoms with Gasteiger partial charge in [-0.2, -0.15) is 13.2 Å². The molecule has 2 heterocycles. The first-order chi connectivity index (χ1) is 17.9. The highest BCUT2D eigenvalue weighted by atomic mass is 35.5. The minimum atomic E-state index is -4.98. The molecule has 0 aliphatic heterocycles. The maximum atomic E-state index is 14.0. The minimum absolute atomic E-state index is 0.0122. The lowest BCUT2D eigenvalue weighted by Crippen LogP contribution is -2.37. The Morgan fingerprint density at radius 2 is 1.79 bits per heavy atom. The van der Waals surface area contributed by atoms with Crippen molar-refractivity contribution in [2.45, 2.75) is 38.4 Å². The van der Waals surface area contributed by atoms with E-state index >= 15 is 0 Å². The van der Waals surface area contributed by atoms with Crippen molar-refractivity contribution in [2.75, 3.05) is 7.11 Å². The molecule has 10 nitrogen and oxygen atoms in total. The van der Waals surface area contributed by atoms with E-state index in [-0.39, 0.29) is 34.5 Å². The van der Waals surface area contributed by atoms with E-state index in [4.69, 9.17) is 16.3 Å². The average molecular weight is 557 g/mol. The molecular weight excluding hydrogens is 536 g/mol. The average Bonchev–Trinajstić information content (AvgIpc) is 3.41. The first kappa shape index (κ1) is 27.3. The second kappa shape index (κ2) is 10.6. The third kappa shape index (κ3) is 5.56. The van der Waals surface area contributed by atoms with Crippen molar-refractivity contribution in [2.24, 2.45) is 0 Å². The van der Waals surface area contributed by atoms with Crippen LogP contribution in [0.15, 0.2) is 47.3 Å². The smallest absolute Gasteiger partial charge is 0.416 e. The van der Waals surface area contributed by atoms with Gasteiger partial charge in [0.2, 0.25) is 0 Å². The molecular formula is C23H21ClF4N6O4. The Morgan fingerprint density at radius 1 is 1.11 bits per heavy atom. The van der Waals surface area contributed by atoms with Crippen LogP contribution in [0, 0.1) is 5.82 Å². The van der Waals surface area contributed by atoms with E-state index in [0.29, 0.717) is 9.59 Å². The molecule has 2 aromatic heterocycles. The number of ether oxygens (including phenoxy) is 1. The predicted octanol–water partition coefficient (Wildman–Crippen LogP) is 3.12. The number of rotatable bonds is 8. The summed E-state index contributed by atoms with van der Waals surface area (Å²) in [4.78, 5) is 17.3. The van der Waals surface area contributed by atoms with Crippen LogP contribution >= 0.6 is 11.6 Å². The molecule has 2 N–H and O–H groups in total. The first-order valence-electron chi connectivity index (χ1n) is 11.0. The van der Waals surface area contributed by atoms with Crippen LogP contribution in [0.3, 0.4) is 0 Å². The molecule has 0 fully saturated rings. The maximum absolute atomic E-state index is 14.0. The topological polar surface area (TPSA) is 120 Å². The molecule has 0 spiro atoms. The lowest BCUT2D eigenvalue weighted by molar-refractivity contribution is -0.207. The summed E-state index contributed by atoms with van der Waals surface area (Å²) < 4.78 is 61.1. The molecule has 0 radical (unpaired) electrons. The van der Waals surface area contributed by atoms with Crippen LogP contribution in [0.2, 0.25) is 5.02 Å². The van der Waals surface area contributed by atoms with Crippen molar-refractivity contribution in [1.29, 1.82) is 0 Å². The molecule has 0 saturated carbocycles. The van der Waals surface area contributed by atoms with Gasteiger partial charge < -0.3 is 14.9 Å². The van der Waals surface area contributed by atoms with Crippen molar-refractivity contribution >= 4 is 11.6 Å². The molecule has 1 unspecified atom stereocenters. The fourth-order valence-electron chi connectivity index (χ4n) is 3.64. The van der Waals surface area contributed by atoms with Gasteiger partial charge in [0.1, 0.15) is 29.9 Å². The second-order valence-corrected chi connectivity index (χ2v) is 8.67. The van der Waals surface area contributed by atoms with E-state index in [0.717, 1.165) is 15.4 Å². The highest BCUT2D eigenvalue weighted by molar-refractivity contribution is 6.30. The summed E-state index contributed by atoms with van der Waals surface area (Å²) >= 11 is 5.90. The second-order valence-electron chi connectivity index (χ2n) is 8.23. The molecule has 38 heavy (non-hydrogen) atoms. The fraction of sp³-hybridized carbons (Fsp3) is 0.304. The highest BCUT2D eigenvalue weighted by Gasteiger charge is 2.39. The molecule has 0 bridgehead atoms. The zero-order valence-corrected chi connectivity index (χ0v) is 20.7. The van der Waals surface area contributed by atoms with Crippen LogP contribution in [0.1, 0.15) is 24.7 Å². The van der Waals surface area contributed by atoms with E-state index in [9.17, 15) is 32.6 Å². The van der Waals surface area contributed by atoms with Gasteiger partial charge in [-0.15, -0.1) is 10.2 Å². The molecule has 202 valence electrons. The number of halogens is 5. The van der Waals surface area contributed by atoms with Crippen LogP contribution in [0.5, 0.6) is 5.75 Å². The summed E-state index contributed by atoms with van der Waals surface area (Å²) in [7, 11) is 1.36. The molecule has 2 atom stereocenters. The lowest BCUT2D eigenvalue weighted by Gasteiger charge is -2.15. The van der Waals surface area contributed by atoms with Crippen molar-refractivity contribution in [1.82, 2.24) is 29.1 Å². The van der Waals surface area contributed by atoms with Crippen LogP contribution < -0.4 is 10.4 Å². The van der Waals surface area contributed by atoms with Gasteiger partial charge in [0.15, 0.2) is 23.6 Å². The standard InChI is InChI=1S/C23H21ClF4N6O4/c1-12(35)20-29-19(30-34(20)16-9-15(25)7-8-17(16)38-2)11-33-22(37)32(10-18(36)23(26,27)28)21(31-33)13-3-5-14(24)6-4-13/h3-9,12,18,35-36H,10-11H2,1-2H3/t12?,18-/m0/s1. The Hall–Kier alpha value is -3.75. The largest absolute Gasteiger partial charge is 0.494 e. The zero-order valence-electron chi connectivity index (χ0n) is 19.9. The zero-order chi connectivity index (χ0) is 27.8. The van der Waals surface area contributed by atoms with Crippen LogP contribution in [0.25, 0.3) is 17.1 Å². The molecule has 0 amide bonds. The van der Waals surface area contributed by atoms with Gasteiger partial charge in [-0.3, -0.25) is 4.57 Å². The summed E-state index contributed by atoms with van der Waals surface area (Å²) in [6.45, 7) is -0.130. The van der Waals surface area contributed by atoms with Gasteiger partial charge >= 0.3 is 11.9 Å². The van der Waals surface area contributed by atoms with E-state index in [1.54, 1.807) is 0 Å². The normalized spacial score (nSPS) is 13.5. The Labute approximate surface area is 217 Å². The quantitative estimate of drug-likeness (QED) is 0.320. The summed E-state index contributed by atoms with van der Waals surface area (Å²) in [5.74, 6) is -0.616. The SMILES string of the molecule is COc1ccc(F)cc1-n1nc(Cn2nc(-c3ccc(Cl)cc3)n(C[C@H](O)C(F)(F)F)c2=O)nc1C(C)O. The number of alkyl halides is 3. The maximum Gasteiger partial charge on any atom is 0.416 e. The molecule has 15 heteroatoms. The third-order valence-corrected chi connectivity index (χ3v) is 5.72. The van der Waals surface area contributed by atoms with E-state index < -0.39 is 43.0 Å². The molecule has 4 rings (SSSR count). The van der Waals surface area contributed by atoms with Gasteiger partial charge in [-0.1, -0.05) is 11.6 Å². The monoisotopic (exact) mass is 556 g/mol. The predicted molar refractivity (Wildman–Crippen MR) is 127 cm³/mol. The number of hydrogen-bond donors (Lipinski definition) is 2. The number of methoxy groups -OCH3 is 1. The lowest BCUT2D eigenvalue weighted by atomic mass is 10.2. The van der Waals surface area contributed by atoms with Crippen LogP contribution in [-0.2, 0) is 13.1 Å². The summed E-state index contributed by atoms with van der Waals surface area (Å²) in [6, 6.07) is 9.49. The molecule has 0 saturated heterocycles. The number of aliphatic hydroxyl groups excluding tert-OH is 2. The minimum Gasteiger partial charge on any atom is -0.494 e. The fourth-order valence-corrected chi connectivity index (χ4v) is 3.77. The number of benzene rings is 2.